The quantitative estimate of drug-likeness (QED) is 0.656. The standard InChI is InChI=1S/C18H13F3N2O2/c1-2-25-17(24)13-10-12-8-9-22-14(11-6-4-3-5-7-11)15(12)23-16(13)18(19,20)21/h3-10H,2H2,1H3. The third kappa shape index (κ3) is 3.31. The highest BCUT2D eigenvalue weighted by molar-refractivity contribution is 5.98. The Morgan fingerprint density at radius 2 is 1.88 bits per heavy atom. The number of benzene rings is 1. The largest absolute Gasteiger partial charge is 0.462 e. The number of carbonyl (C=O) groups is 1. The molecule has 0 unspecified atom stereocenters. The summed E-state index contributed by atoms with van der Waals surface area (Å²) in [4.78, 5) is 19.8. The van der Waals surface area contributed by atoms with Crippen LogP contribution in [0.5, 0.6) is 0 Å². The van der Waals surface area contributed by atoms with Crippen molar-refractivity contribution in [2.75, 3.05) is 6.61 Å². The van der Waals surface area contributed by atoms with Crippen molar-refractivity contribution in [2.24, 2.45) is 0 Å². The van der Waals surface area contributed by atoms with Gasteiger partial charge < -0.3 is 4.74 Å². The van der Waals surface area contributed by atoms with Crippen molar-refractivity contribution in [3.63, 3.8) is 0 Å². The maximum absolute atomic E-state index is 13.4. The van der Waals surface area contributed by atoms with E-state index in [0.717, 1.165) is 6.07 Å². The molecule has 0 radical (unpaired) electrons. The van der Waals surface area contributed by atoms with Crippen molar-refractivity contribution in [3.8, 4) is 11.3 Å². The maximum atomic E-state index is 13.4. The Morgan fingerprint density at radius 3 is 2.52 bits per heavy atom. The normalized spacial score (nSPS) is 11.5. The fourth-order valence-electron chi connectivity index (χ4n) is 2.49. The van der Waals surface area contributed by atoms with Gasteiger partial charge in [0.05, 0.1) is 23.4 Å². The summed E-state index contributed by atoms with van der Waals surface area (Å²) in [5.41, 5.74) is -0.846. The Bertz CT molecular complexity index is 925. The molecule has 25 heavy (non-hydrogen) atoms. The highest BCUT2D eigenvalue weighted by Crippen LogP contribution is 2.34. The molecule has 7 heteroatoms. The Balaban J connectivity index is 2.30. The molecule has 0 amide bonds. The van der Waals surface area contributed by atoms with Crippen LogP contribution in [0.4, 0.5) is 13.2 Å². The number of rotatable bonds is 3. The monoisotopic (exact) mass is 346 g/mol. The van der Waals surface area contributed by atoms with E-state index in [2.05, 4.69) is 9.97 Å². The lowest BCUT2D eigenvalue weighted by Gasteiger charge is -2.14. The van der Waals surface area contributed by atoms with Gasteiger partial charge in [-0.3, -0.25) is 4.98 Å². The Morgan fingerprint density at radius 1 is 1.16 bits per heavy atom. The third-order valence-electron chi connectivity index (χ3n) is 3.55. The second-order valence-electron chi connectivity index (χ2n) is 5.20. The van der Waals surface area contributed by atoms with Gasteiger partial charge in [-0.1, -0.05) is 30.3 Å². The summed E-state index contributed by atoms with van der Waals surface area (Å²) >= 11 is 0. The second kappa shape index (κ2) is 6.51. The van der Waals surface area contributed by atoms with E-state index in [1.54, 1.807) is 30.3 Å². The fourth-order valence-corrected chi connectivity index (χ4v) is 2.49. The molecular formula is C18H13F3N2O2. The van der Waals surface area contributed by atoms with E-state index in [1.807, 2.05) is 0 Å². The molecule has 0 bridgehead atoms. The van der Waals surface area contributed by atoms with E-state index >= 15 is 0 Å². The van der Waals surface area contributed by atoms with Gasteiger partial charge in [-0.25, -0.2) is 9.78 Å². The second-order valence-corrected chi connectivity index (χ2v) is 5.20. The van der Waals surface area contributed by atoms with Gasteiger partial charge in [0, 0.05) is 17.1 Å². The topological polar surface area (TPSA) is 52.1 Å². The van der Waals surface area contributed by atoms with Crippen molar-refractivity contribution in [1.29, 1.82) is 0 Å². The summed E-state index contributed by atoms with van der Waals surface area (Å²) in [5, 5.41) is 0.380. The summed E-state index contributed by atoms with van der Waals surface area (Å²) in [7, 11) is 0. The smallest absolute Gasteiger partial charge is 0.434 e. The number of hydrogen-bond acceptors (Lipinski definition) is 4. The first-order valence-electron chi connectivity index (χ1n) is 7.51. The Labute approximate surface area is 141 Å². The molecular weight excluding hydrogens is 333 g/mol. The van der Waals surface area contributed by atoms with Crippen LogP contribution in [0.3, 0.4) is 0 Å². The van der Waals surface area contributed by atoms with Gasteiger partial charge in [0.1, 0.15) is 0 Å². The predicted molar refractivity (Wildman–Crippen MR) is 85.9 cm³/mol. The van der Waals surface area contributed by atoms with Crippen LogP contribution in [-0.2, 0) is 10.9 Å². The summed E-state index contributed by atoms with van der Waals surface area (Å²) in [5.74, 6) is -1.05. The first kappa shape index (κ1) is 16.9. The minimum Gasteiger partial charge on any atom is -0.462 e. The average Bonchev–Trinajstić information content (AvgIpc) is 2.60. The minimum atomic E-state index is -4.79. The summed E-state index contributed by atoms with van der Waals surface area (Å²) in [6, 6.07) is 11.4. The number of nitrogens with zero attached hydrogens (tertiary/aromatic N) is 2. The number of alkyl halides is 3. The molecule has 1 aromatic carbocycles. The van der Waals surface area contributed by atoms with E-state index in [-0.39, 0.29) is 12.1 Å². The van der Waals surface area contributed by atoms with Crippen LogP contribution in [0, 0.1) is 0 Å². The first-order valence-corrected chi connectivity index (χ1v) is 7.51. The number of aromatic nitrogens is 2. The molecule has 2 aromatic heterocycles. The molecule has 3 aromatic rings. The van der Waals surface area contributed by atoms with Gasteiger partial charge in [-0.2, -0.15) is 13.2 Å². The highest BCUT2D eigenvalue weighted by atomic mass is 19.4. The summed E-state index contributed by atoms with van der Waals surface area (Å²) in [6.07, 6.45) is -3.32. The van der Waals surface area contributed by atoms with E-state index in [9.17, 15) is 18.0 Å². The lowest BCUT2D eigenvalue weighted by atomic mass is 10.0. The summed E-state index contributed by atoms with van der Waals surface area (Å²) < 4.78 is 45.0. The van der Waals surface area contributed by atoms with E-state index in [4.69, 9.17) is 4.74 Å². The molecule has 0 saturated heterocycles. The van der Waals surface area contributed by atoms with Gasteiger partial charge in [-0.15, -0.1) is 0 Å². The number of pyridine rings is 2. The number of ether oxygens (including phenoxy) is 1. The van der Waals surface area contributed by atoms with E-state index in [0.29, 0.717) is 16.6 Å². The molecule has 0 spiro atoms. The summed E-state index contributed by atoms with van der Waals surface area (Å²) in [6.45, 7) is 1.50. The van der Waals surface area contributed by atoms with Gasteiger partial charge >= 0.3 is 12.1 Å². The predicted octanol–water partition coefficient (Wildman–Crippen LogP) is 4.49. The lowest BCUT2D eigenvalue weighted by Crippen LogP contribution is -2.17. The number of halogens is 3. The minimum absolute atomic E-state index is 0.0280. The molecule has 128 valence electrons. The van der Waals surface area contributed by atoms with Crippen LogP contribution >= 0.6 is 0 Å². The number of esters is 1. The van der Waals surface area contributed by atoms with Gasteiger partial charge in [0.25, 0.3) is 0 Å². The Hall–Kier alpha value is -2.96. The van der Waals surface area contributed by atoms with Crippen molar-refractivity contribution in [3.05, 3.63) is 59.9 Å². The molecule has 0 saturated carbocycles. The number of hydrogen-bond donors (Lipinski definition) is 0. The van der Waals surface area contributed by atoms with Crippen molar-refractivity contribution >= 4 is 16.9 Å². The third-order valence-corrected chi connectivity index (χ3v) is 3.55. The van der Waals surface area contributed by atoms with Crippen LogP contribution in [-0.4, -0.2) is 22.5 Å². The maximum Gasteiger partial charge on any atom is 0.434 e. The Kier molecular flexibility index (Phi) is 4.39. The van der Waals surface area contributed by atoms with Gasteiger partial charge in [0.15, 0.2) is 5.69 Å². The van der Waals surface area contributed by atoms with Gasteiger partial charge in [-0.05, 0) is 19.1 Å². The van der Waals surface area contributed by atoms with Crippen LogP contribution < -0.4 is 0 Å². The van der Waals surface area contributed by atoms with Crippen LogP contribution in [0.25, 0.3) is 22.2 Å². The lowest BCUT2D eigenvalue weighted by molar-refractivity contribution is -0.141. The molecule has 0 fully saturated rings. The zero-order chi connectivity index (χ0) is 18.0. The SMILES string of the molecule is CCOC(=O)c1cc2ccnc(-c3ccccc3)c2nc1C(F)(F)F. The first-order chi connectivity index (χ1) is 11.9. The average molecular weight is 346 g/mol. The molecule has 0 aliphatic carbocycles. The molecule has 0 atom stereocenters. The molecule has 2 heterocycles. The van der Waals surface area contributed by atoms with Gasteiger partial charge in [0.2, 0.25) is 0 Å². The van der Waals surface area contributed by atoms with Crippen molar-refractivity contribution in [2.45, 2.75) is 13.1 Å². The molecule has 4 nitrogen and oxygen atoms in total. The van der Waals surface area contributed by atoms with Crippen molar-refractivity contribution in [1.82, 2.24) is 9.97 Å². The van der Waals surface area contributed by atoms with Crippen molar-refractivity contribution < 1.29 is 22.7 Å². The zero-order valence-corrected chi connectivity index (χ0v) is 13.2. The van der Waals surface area contributed by atoms with Crippen LogP contribution in [0.2, 0.25) is 0 Å². The number of carbonyl (C=O) groups excluding carboxylic acids is 1. The number of fused-ring (bicyclic) bond motifs is 1. The van der Waals surface area contributed by atoms with Crippen LogP contribution in [0.1, 0.15) is 23.0 Å². The fraction of sp³-hybridized carbons (Fsp3) is 0.167. The molecule has 3 rings (SSSR count). The van der Waals surface area contributed by atoms with Crippen LogP contribution in [0.15, 0.2) is 48.7 Å². The zero-order valence-electron chi connectivity index (χ0n) is 13.2. The van der Waals surface area contributed by atoms with E-state index < -0.39 is 23.4 Å². The molecule has 0 aliphatic rings. The molecule has 0 N–H and O–H groups in total. The highest BCUT2D eigenvalue weighted by Gasteiger charge is 2.38. The molecule has 0 aliphatic heterocycles. The van der Waals surface area contributed by atoms with E-state index in [1.165, 1.54) is 19.2 Å².